The van der Waals surface area contributed by atoms with E-state index in [9.17, 15) is 14.4 Å². The van der Waals surface area contributed by atoms with Gasteiger partial charge in [-0.1, -0.05) is 30.3 Å². The number of nitrogens with zero attached hydrogens (tertiary/aromatic N) is 4. The van der Waals surface area contributed by atoms with Crippen molar-refractivity contribution in [3.63, 3.8) is 0 Å². The number of H-pyrrole nitrogens is 1. The van der Waals surface area contributed by atoms with E-state index in [1.807, 2.05) is 60.4 Å². The second kappa shape index (κ2) is 9.81. The number of carbonyl (C=O) groups excluding carboxylic acids is 3. The lowest BCUT2D eigenvalue weighted by atomic mass is 9.94. The SMILES string of the molecule is Cc1c(-c2ccc(C(N)=O)c3[nH]c4cc(C(=O)N5CCN(C)CC5)ccc4c23)cncc1N1Cc2ccccc2C1=O. The Morgan fingerprint density at radius 2 is 1.71 bits per heavy atom. The van der Waals surface area contributed by atoms with E-state index in [4.69, 9.17) is 5.73 Å². The number of pyridine rings is 1. The Bertz CT molecular complexity index is 1940. The molecule has 42 heavy (non-hydrogen) atoms. The summed E-state index contributed by atoms with van der Waals surface area (Å²) in [5.74, 6) is -0.606. The number of likely N-dealkylation sites (N-methyl/N-ethyl adjacent to an activating group) is 1. The summed E-state index contributed by atoms with van der Waals surface area (Å²) < 4.78 is 0. The summed E-state index contributed by atoms with van der Waals surface area (Å²) in [4.78, 5) is 52.9. The van der Waals surface area contributed by atoms with Crippen LogP contribution in [0.25, 0.3) is 32.9 Å². The molecule has 4 heterocycles. The number of fused-ring (bicyclic) bond motifs is 4. The van der Waals surface area contributed by atoms with Gasteiger partial charge in [-0.25, -0.2) is 0 Å². The van der Waals surface area contributed by atoms with E-state index in [0.29, 0.717) is 41.8 Å². The van der Waals surface area contributed by atoms with Crippen molar-refractivity contribution in [3.05, 3.63) is 94.8 Å². The first-order valence-corrected chi connectivity index (χ1v) is 14.0. The molecule has 3 aromatic carbocycles. The fourth-order valence-corrected chi connectivity index (χ4v) is 6.27. The third kappa shape index (κ3) is 4.04. The van der Waals surface area contributed by atoms with E-state index < -0.39 is 5.91 Å². The highest BCUT2D eigenvalue weighted by molar-refractivity contribution is 6.21. The van der Waals surface area contributed by atoms with Gasteiger partial charge in [-0.3, -0.25) is 19.4 Å². The highest BCUT2D eigenvalue weighted by Crippen LogP contribution is 2.40. The number of carbonyl (C=O) groups is 3. The number of rotatable bonds is 4. The topological polar surface area (TPSA) is 116 Å². The first-order valence-electron chi connectivity index (χ1n) is 14.0. The molecular weight excluding hydrogens is 528 g/mol. The van der Waals surface area contributed by atoms with Gasteiger partial charge in [-0.15, -0.1) is 0 Å². The average molecular weight is 559 g/mol. The summed E-state index contributed by atoms with van der Waals surface area (Å²) in [5.41, 5.74) is 13.1. The van der Waals surface area contributed by atoms with Crippen LogP contribution in [0.3, 0.4) is 0 Å². The number of nitrogens with two attached hydrogens (primary N) is 1. The van der Waals surface area contributed by atoms with Crippen LogP contribution in [-0.2, 0) is 6.54 Å². The lowest BCUT2D eigenvalue weighted by molar-refractivity contribution is 0.0664. The fourth-order valence-electron chi connectivity index (χ4n) is 6.27. The molecule has 9 heteroatoms. The lowest BCUT2D eigenvalue weighted by Crippen LogP contribution is -2.47. The van der Waals surface area contributed by atoms with Crippen LogP contribution in [0.4, 0.5) is 5.69 Å². The zero-order valence-electron chi connectivity index (χ0n) is 23.5. The largest absolute Gasteiger partial charge is 0.366 e. The predicted molar refractivity (Wildman–Crippen MR) is 163 cm³/mol. The molecule has 0 atom stereocenters. The quantitative estimate of drug-likeness (QED) is 0.341. The van der Waals surface area contributed by atoms with Crippen molar-refractivity contribution in [2.75, 3.05) is 38.1 Å². The number of benzene rings is 3. The highest BCUT2D eigenvalue weighted by Gasteiger charge is 2.30. The molecule has 0 bridgehead atoms. The molecule has 7 rings (SSSR count). The van der Waals surface area contributed by atoms with Gasteiger partial charge in [-0.05, 0) is 54.9 Å². The van der Waals surface area contributed by atoms with Gasteiger partial charge in [-0.2, -0.15) is 0 Å². The molecule has 210 valence electrons. The van der Waals surface area contributed by atoms with E-state index >= 15 is 0 Å². The molecule has 0 radical (unpaired) electrons. The second-order valence-electron chi connectivity index (χ2n) is 11.1. The summed E-state index contributed by atoms with van der Waals surface area (Å²) in [6.45, 7) is 5.51. The molecule has 0 spiro atoms. The van der Waals surface area contributed by atoms with Crippen LogP contribution >= 0.6 is 0 Å². The number of amides is 3. The molecule has 9 nitrogen and oxygen atoms in total. The summed E-state index contributed by atoms with van der Waals surface area (Å²) in [6.07, 6.45) is 3.51. The first-order chi connectivity index (χ1) is 20.3. The fraction of sp³-hybridized carbons (Fsp3) is 0.212. The van der Waals surface area contributed by atoms with Gasteiger partial charge in [0.05, 0.1) is 29.5 Å². The van der Waals surface area contributed by atoms with Crippen LogP contribution in [0.1, 0.15) is 42.2 Å². The summed E-state index contributed by atoms with van der Waals surface area (Å²) in [5, 5.41) is 1.69. The summed E-state index contributed by atoms with van der Waals surface area (Å²) >= 11 is 0. The molecule has 0 aliphatic carbocycles. The molecule has 0 unspecified atom stereocenters. The van der Waals surface area contributed by atoms with E-state index in [1.54, 1.807) is 23.4 Å². The Morgan fingerprint density at radius 3 is 2.48 bits per heavy atom. The third-order valence-electron chi connectivity index (χ3n) is 8.65. The number of hydrogen-bond donors (Lipinski definition) is 2. The third-order valence-corrected chi connectivity index (χ3v) is 8.65. The van der Waals surface area contributed by atoms with Crippen LogP contribution in [0.2, 0.25) is 0 Å². The Hall–Kier alpha value is -5.02. The van der Waals surface area contributed by atoms with Crippen molar-refractivity contribution in [2.24, 2.45) is 5.73 Å². The smallest absolute Gasteiger partial charge is 0.258 e. The number of hydrogen-bond acceptors (Lipinski definition) is 5. The lowest BCUT2D eigenvalue weighted by Gasteiger charge is -2.32. The van der Waals surface area contributed by atoms with Crippen LogP contribution in [0.5, 0.6) is 0 Å². The molecule has 2 aliphatic rings. The first kappa shape index (κ1) is 25.9. The zero-order chi connectivity index (χ0) is 29.1. The zero-order valence-corrected chi connectivity index (χ0v) is 23.5. The van der Waals surface area contributed by atoms with Gasteiger partial charge in [0.25, 0.3) is 17.7 Å². The minimum Gasteiger partial charge on any atom is -0.366 e. The Balaban J connectivity index is 1.35. The molecule has 2 aliphatic heterocycles. The maximum atomic E-state index is 13.3. The summed E-state index contributed by atoms with van der Waals surface area (Å²) in [7, 11) is 2.06. The standard InChI is InChI=1S/C33H30N6O3/c1-19-26(16-35-17-28(19)39-18-21-5-3-4-6-22(21)33(39)42)23-9-10-25(31(34)40)30-29(23)24-8-7-20(15-27(24)36-30)32(41)38-13-11-37(2)12-14-38/h3-10,15-17,36H,11-14,18H2,1-2H3,(H2,34,40). The number of anilines is 1. The molecule has 1 saturated heterocycles. The number of nitrogens with one attached hydrogen (secondary N) is 1. The van der Waals surface area contributed by atoms with E-state index in [0.717, 1.165) is 57.3 Å². The molecule has 2 aromatic heterocycles. The van der Waals surface area contributed by atoms with Crippen molar-refractivity contribution in [2.45, 2.75) is 13.5 Å². The van der Waals surface area contributed by atoms with Gasteiger partial charge in [0.2, 0.25) is 0 Å². The molecule has 3 N–H and O–H groups in total. The molecule has 1 fully saturated rings. The number of aromatic amines is 1. The molecular formula is C33H30N6O3. The van der Waals surface area contributed by atoms with Gasteiger partial charge in [0.1, 0.15) is 0 Å². The van der Waals surface area contributed by atoms with Crippen LogP contribution < -0.4 is 10.6 Å². The van der Waals surface area contributed by atoms with E-state index in [1.165, 1.54) is 0 Å². The minimum atomic E-state index is -0.545. The van der Waals surface area contributed by atoms with Crippen LogP contribution in [0, 0.1) is 6.92 Å². The van der Waals surface area contributed by atoms with E-state index in [2.05, 4.69) is 21.9 Å². The Kier molecular flexibility index (Phi) is 6.06. The summed E-state index contributed by atoms with van der Waals surface area (Å²) in [6, 6.07) is 16.9. The number of piperazine rings is 1. The highest BCUT2D eigenvalue weighted by atomic mass is 16.2. The van der Waals surface area contributed by atoms with Gasteiger partial charge >= 0.3 is 0 Å². The molecule has 5 aromatic rings. The number of aromatic nitrogens is 2. The van der Waals surface area contributed by atoms with E-state index in [-0.39, 0.29) is 11.8 Å². The normalized spacial score (nSPS) is 15.5. The second-order valence-corrected chi connectivity index (χ2v) is 11.1. The van der Waals surface area contributed by atoms with Crippen LogP contribution in [-0.4, -0.2) is 70.7 Å². The van der Waals surface area contributed by atoms with Crippen LogP contribution in [0.15, 0.2) is 67.0 Å². The monoisotopic (exact) mass is 558 g/mol. The van der Waals surface area contributed by atoms with Gasteiger partial charge < -0.3 is 25.4 Å². The Morgan fingerprint density at radius 1 is 0.929 bits per heavy atom. The maximum Gasteiger partial charge on any atom is 0.258 e. The van der Waals surface area contributed by atoms with Crippen molar-refractivity contribution in [1.29, 1.82) is 0 Å². The van der Waals surface area contributed by atoms with Crippen molar-refractivity contribution < 1.29 is 14.4 Å². The number of primary amides is 1. The van der Waals surface area contributed by atoms with Gasteiger partial charge in [0.15, 0.2) is 0 Å². The van der Waals surface area contributed by atoms with Crippen molar-refractivity contribution in [3.8, 4) is 11.1 Å². The van der Waals surface area contributed by atoms with Crippen molar-refractivity contribution in [1.82, 2.24) is 19.8 Å². The maximum absolute atomic E-state index is 13.3. The molecule has 0 saturated carbocycles. The minimum absolute atomic E-state index is 0.0111. The Labute approximate surface area is 242 Å². The average Bonchev–Trinajstić information content (AvgIpc) is 3.54. The van der Waals surface area contributed by atoms with Gasteiger partial charge in [0, 0.05) is 65.4 Å². The molecule has 3 amide bonds. The van der Waals surface area contributed by atoms with Crippen molar-refractivity contribution >= 4 is 45.2 Å². The predicted octanol–water partition coefficient (Wildman–Crippen LogP) is 4.34.